The minimum absolute atomic E-state index is 0.123. The Balaban J connectivity index is 1.57. The second kappa shape index (κ2) is 8.35. The van der Waals surface area contributed by atoms with Gasteiger partial charge in [-0.1, -0.05) is 17.7 Å². The smallest absolute Gasteiger partial charge is 0.306 e. The van der Waals surface area contributed by atoms with Crippen LogP contribution >= 0.6 is 11.6 Å². The Morgan fingerprint density at radius 3 is 2.86 bits per heavy atom. The molecule has 0 spiro atoms. The summed E-state index contributed by atoms with van der Waals surface area (Å²) in [4.78, 5) is 32.8. The third-order valence-electron chi connectivity index (χ3n) is 4.34. The van der Waals surface area contributed by atoms with Gasteiger partial charge in [0.15, 0.2) is 6.10 Å². The van der Waals surface area contributed by atoms with Gasteiger partial charge in [0.05, 0.1) is 0 Å². The summed E-state index contributed by atoms with van der Waals surface area (Å²) < 4.78 is 6.88. The van der Waals surface area contributed by atoms with Gasteiger partial charge < -0.3 is 10.1 Å². The lowest BCUT2D eigenvalue weighted by Crippen LogP contribution is -2.30. The summed E-state index contributed by atoms with van der Waals surface area (Å²) in [5.74, 6) is -0.368. The van der Waals surface area contributed by atoms with Crippen molar-refractivity contribution in [1.29, 1.82) is 0 Å². The van der Waals surface area contributed by atoms with Gasteiger partial charge in [0.2, 0.25) is 0 Å². The van der Waals surface area contributed by atoms with Crippen molar-refractivity contribution in [3.63, 3.8) is 0 Å². The number of ether oxygens (including phenoxy) is 1. The van der Waals surface area contributed by atoms with E-state index in [1.165, 1.54) is 13.3 Å². The fraction of sp³-hybridized carbons (Fsp3) is 0.316. The maximum atomic E-state index is 12.2. The molecule has 0 saturated carbocycles. The molecule has 28 heavy (non-hydrogen) atoms. The van der Waals surface area contributed by atoms with Crippen molar-refractivity contribution in [2.45, 2.75) is 39.7 Å². The van der Waals surface area contributed by atoms with Crippen LogP contribution in [0.4, 0.5) is 5.69 Å². The summed E-state index contributed by atoms with van der Waals surface area (Å²) in [5.41, 5.74) is 3.11. The average molecular weight is 402 g/mol. The molecule has 2 heterocycles. The van der Waals surface area contributed by atoms with Gasteiger partial charge in [0, 0.05) is 28.5 Å². The van der Waals surface area contributed by atoms with E-state index < -0.39 is 18.0 Å². The van der Waals surface area contributed by atoms with Crippen LogP contribution in [0.5, 0.6) is 0 Å². The molecule has 3 rings (SSSR count). The van der Waals surface area contributed by atoms with Gasteiger partial charge in [-0.15, -0.1) is 0 Å². The maximum Gasteiger partial charge on any atom is 0.306 e. The highest BCUT2D eigenvalue weighted by Crippen LogP contribution is 2.17. The minimum atomic E-state index is -0.926. The van der Waals surface area contributed by atoms with Crippen LogP contribution in [0.3, 0.4) is 0 Å². The number of fused-ring (bicyclic) bond motifs is 1. The number of halogens is 1. The zero-order chi connectivity index (χ0) is 20.3. The lowest BCUT2D eigenvalue weighted by Gasteiger charge is -2.14. The van der Waals surface area contributed by atoms with Crippen molar-refractivity contribution in [3.8, 4) is 0 Å². The lowest BCUT2D eigenvalue weighted by atomic mass is 10.1. The molecule has 1 aromatic carbocycles. The van der Waals surface area contributed by atoms with E-state index in [1.54, 1.807) is 28.8 Å². The maximum absolute atomic E-state index is 12.2. The molecule has 1 unspecified atom stereocenters. The number of nitrogens with zero attached hydrogens (tertiary/aromatic N) is 4. The first-order chi connectivity index (χ1) is 13.3. The van der Waals surface area contributed by atoms with Crippen LogP contribution in [-0.2, 0) is 20.7 Å². The second-order valence-corrected chi connectivity index (χ2v) is 6.80. The number of amides is 1. The first kappa shape index (κ1) is 19.8. The van der Waals surface area contributed by atoms with E-state index in [9.17, 15) is 9.59 Å². The molecular weight excluding hydrogens is 382 g/mol. The van der Waals surface area contributed by atoms with Gasteiger partial charge in [-0.05, 0) is 51.0 Å². The average Bonchev–Trinajstić information content (AvgIpc) is 3.10. The molecule has 1 amide bonds. The largest absolute Gasteiger partial charge is 0.453 e. The van der Waals surface area contributed by atoms with Gasteiger partial charge in [-0.3, -0.25) is 9.59 Å². The van der Waals surface area contributed by atoms with Crippen LogP contribution < -0.4 is 5.32 Å². The standard InChI is InChI=1S/C19H20ClN5O3/c1-11-16(12(2)25-19(23-11)21-10-22-25)7-8-17(26)28-13(3)18(27)24-15-6-4-5-14(20)9-15/h4-6,9-10,13H,7-8H2,1-3H3,(H,24,27). The zero-order valence-corrected chi connectivity index (χ0v) is 16.5. The Morgan fingerprint density at radius 1 is 1.32 bits per heavy atom. The quantitative estimate of drug-likeness (QED) is 0.637. The van der Waals surface area contributed by atoms with Crippen molar-refractivity contribution in [2.24, 2.45) is 0 Å². The number of carbonyl (C=O) groups is 2. The molecule has 0 bridgehead atoms. The number of benzene rings is 1. The number of aryl methyl sites for hydroxylation is 2. The highest BCUT2D eigenvalue weighted by molar-refractivity contribution is 6.30. The lowest BCUT2D eigenvalue weighted by molar-refractivity contribution is -0.153. The van der Waals surface area contributed by atoms with Crippen molar-refractivity contribution >= 4 is 34.9 Å². The molecule has 1 atom stereocenters. The van der Waals surface area contributed by atoms with Gasteiger partial charge >= 0.3 is 5.97 Å². The molecule has 1 N–H and O–H groups in total. The topological polar surface area (TPSA) is 98.5 Å². The van der Waals surface area contributed by atoms with Crippen molar-refractivity contribution in [2.75, 3.05) is 5.32 Å². The fourth-order valence-electron chi connectivity index (χ4n) is 2.86. The number of hydrogen-bond donors (Lipinski definition) is 1. The van der Waals surface area contributed by atoms with E-state index in [0.717, 1.165) is 17.0 Å². The van der Waals surface area contributed by atoms with E-state index in [4.69, 9.17) is 16.3 Å². The fourth-order valence-corrected chi connectivity index (χ4v) is 3.05. The Kier molecular flexibility index (Phi) is 5.89. The van der Waals surface area contributed by atoms with Crippen molar-refractivity contribution in [1.82, 2.24) is 19.6 Å². The van der Waals surface area contributed by atoms with Crippen LogP contribution in [0.15, 0.2) is 30.6 Å². The highest BCUT2D eigenvalue weighted by atomic mass is 35.5. The number of esters is 1. The number of aromatic nitrogens is 4. The molecule has 0 aliphatic carbocycles. The van der Waals surface area contributed by atoms with E-state index >= 15 is 0 Å². The van der Waals surface area contributed by atoms with Crippen LogP contribution in [0.1, 0.15) is 30.3 Å². The van der Waals surface area contributed by atoms with Crippen molar-refractivity contribution < 1.29 is 14.3 Å². The molecule has 2 aromatic heterocycles. The third-order valence-corrected chi connectivity index (χ3v) is 4.57. The predicted molar refractivity (Wildman–Crippen MR) is 104 cm³/mol. The van der Waals surface area contributed by atoms with E-state index in [-0.39, 0.29) is 6.42 Å². The number of carbonyl (C=O) groups excluding carboxylic acids is 2. The van der Waals surface area contributed by atoms with E-state index in [0.29, 0.717) is 22.9 Å². The normalized spacial score (nSPS) is 12.0. The summed E-state index contributed by atoms with van der Waals surface area (Å²) >= 11 is 5.89. The van der Waals surface area contributed by atoms with E-state index in [1.807, 2.05) is 13.8 Å². The zero-order valence-electron chi connectivity index (χ0n) is 15.8. The van der Waals surface area contributed by atoms with Crippen LogP contribution in [0.25, 0.3) is 5.78 Å². The summed E-state index contributed by atoms with van der Waals surface area (Å²) in [6, 6.07) is 6.75. The highest BCUT2D eigenvalue weighted by Gasteiger charge is 2.19. The molecular formula is C19H20ClN5O3. The summed E-state index contributed by atoms with van der Waals surface area (Å²) in [7, 11) is 0. The first-order valence-corrected chi connectivity index (χ1v) is 9.14. The molecule has 8 nitrogen and oxygen atoms in total. The molecule has 9 heteroatoms. The summed E-state index contributed by atoms with van der Waals surface area (Å²) in [6.45, 7) is 5.29. The van der Waals surface area contributed by atoms with E-state index in [2.05, 4.69) is 20.4 Å². The summed E-state index contributed by atoms with van der Waals surface area (Å²) in [5, 5.41) is 7.30. The van der Waals surface area contributed by atoms with Gasteiger partial charge in [0.25, 0.3) is 11.7 Å². The number of anilines is 1. The first-order valence-electron chi connectivity index (χ1n) is 8.77. The van der Waals surface area contributed by atoms with Crippen LogP contribution in [0.2, 0.25) is 5.02 Å². The molecule has 0 aliphatic heterocycles. The third kappa shape index (κ3) is 4.45. The molecule has 3 aromatic rings. The van der Waals surface area contributed by atoms with Gasteiger partial charge in [0.1, 0.15) is 6.33 Å². The number of nitrogens with one attached hydrogen (secondary N) is 1. The monoisotopic (exact) mass is 401 g/mol. The molecule has 0 radical (unpaired) electrons. The second-order valence-electron chi connectivity index (χ2n) is 6.36. The molecule has 0 aliphatic rings. The number of rotatable bonds is 6. The van der Waals surface area contributed by atoms with Crippen LogP contribution in [0, 0.1) is 13.8 Å². The Hall–Kier alpha value is -3.00. The molecule has 146 valence electrons. The van der Waals surface area contributed by atoms with Crippen molar-refractivity contribution in [3.05, 3.63) is 52.6 Å². The SMILES string of the molecule is Cc1nc2ncnn2c(C)c1CCC(=O)OC(C)C(=O)Nc1cccc(Cl)c1. The minimum Gasteiger partial charge on any atom is -0.453 e. The number of hydrogen-bond acceptors (Lipinski definition) is 6. The van der Waals surface area contributed by atoms with Crippen LogP contribution in [-0.4, -0.2) is 37.6 Å². The predicted octanol–water partition coefficient (Wildman–Crippen LogP) is 2.90. The van der Waals surface area contributed by atoms with Gasteiger partial charge in [-0.25, -0.2) is 9.50 Å². The molecule has 0 saturated heterocycles. The Bertz CT molecular complexity index is 1030. The summed E-state index contributed by atoms with van der Waals surface area (Å²) in [6.07, 6.45) is 1.07. The van der Waals surface area contributed by atoms with Gasteiger partial charge in [-0.2, -0.15) is 10.1 Å². The Morgan fingerprint density at radius 2 is 2.11 bits per heavy atom. The molecule has 0 fully saturated rings. The Labute approximate surface area is 166 Å².